The number of esters is 1. The van der Waals surface area contributed by atoms with Gasteiger partial charge in [-0.15, -0.1) is 0 Å². The molecule has 19 heavy (non-hydrogen) atoms. The van der Waals surface area contributed by atoms with E-state index in [2.05, 4.69) is 4.74 Å². The Morgan fingerprint density at radius 1 is 1.37 bits per heavy atom. The van der Waals surface area contributed by atoms with Crippen molar-refractivity contribution in [1.29, 1.82) is 0 Å². The first-order valence-corrected chi connectivity index (χ1v) is 6.68. The van der Waals surface area contributed by atoms with Gasteiger partial charge in [0.15, 0.2) is 5.79 Å². The van der Waals surface area contributed by atoms with E-state index in [1.165, 1.54) is 19.6 Å². The summed E-state index contributed by atoms with van der Waals surface area (Å²) >= 11 is 0. The highest BCUT2D eigenvalue weighted by atomic mass is 16.8. The zero-order valence-corrected chi connectivity index (χ0v) is 10.9. The minimum atomic E-state index is -0.626. The van der Waals surface area contributed by atoms with E-state index in [1.54, 1.807) is 6.08 Å². The Morgan fingerprint density at radius 2 is 2.11 bits per heavy atom. The minimum Gasteiger partial charge on any atom is -0.874 e. The molecule has 1 saturated carbocycles. The van der Waals surface area contributed by atoms with Crippen LogP contribution in [0.5, 0.6) is 0 Å². The number of fused-ring (bicyclic) bond motifs is 1. The number of carbonyl (C=O) groups is 1. The van der Waals surface area contributed by atoms with Crippen LogP contribution >= 0.6 is 0 Å². The van der Waals surface area contributed by atoms with Gasteiger partial charge in [0.1, 0.15) is 12.2 Å². The Morgan fingerprint density at radius 3 is 2.79 bits per heavy atom. The maximum Gasteiger partial charge on any atom is 0.337 e. The van der Waals surface area contributed by atoms with Gasteiger partial charge in [0.25, 0.3) is 0 Å². The van der Waals surface area contributed by atoms with Crippen molar-refractivity contribution in [3.63, 3.8) is 0 Å². The first-order valence-electron chi connectivity index (χ1n) is 6.68. The van der Waals surface area contributed by atoms with Gasteiger partial charge < -0.3 is 19.3 Å². The number of hydrogen-bond donors (Lipinski definition) is 0. The Bertz CT molecular complexity index is 445. The van der Waals surface area contributed by atoms with E-state index >= 15 is 0 Å². The smallest absolute Gasteiger partial charge is 0.337 e. The number of rotatable bonds is 1. The van der Waals surface area contributed by atoms with Gasteiger partial charge in [0, 0.05) is 12.8 Å². The van der Waals surface area contributed by atoms with Crippen molar-refractivity contribution in [3.05, 3.63) is 23.5 Å². The molecule has 1 spiro atoms. The average molecular weight is 265 g/mol. The van der Waals surface area contributed by atoms with Crippen molar-refractivity contribution in [2.24, 2.45) is 0 Å². The quantitative estimate of drug-likeness (QED) is 0.656. The van der Waals surface area contributed by atoms with E-state index in [1.807, 2.05) is 0 Å². The second-order valence-electron chi connectivity index (χ2n) is 5.25. The molecule has 0 N–H and O–H groups in total. The lowest BCUT2D eigenvalue weighted by Gasteiger charge is -2.32. The van der Waals surface area contributed by atoms with Crippen LogP contribution in [0, 0.1) is 0 Å². The first kappa shape index (κ1) is 12.7. The maximum absolute atomic E-state index is 12.0. The van der Waals surface area contributed by atoms with E-state index < -0.39 is 24.0 Å². The zero-order chi connectivity index (χ0) is 13.5. The van der Waals surface area contributed by atoms with Crippen LogP contribution in [0.1, 0.15) is 32.1 Å². The van der Waals surface area contributed by atoms with E-state index in [0.717, 1.165) is 25.7 Å². The van der Waals surface area contributed by atoms with Crippen molar-refractivity contribution in [1.82, 2.24) is 0 Å². The maximum atomic E-state index is 12.0. The van der Waals surface area contributed by atoms with Crippen LogP contribution in [0.3, 0.4) is 0 Å². The molecule has 0 aromatic carbocycles. The molecular formula is C14H17O5-. The standard InChI is InChI=1S/C14H18O5/c1-17-13(16)9-7-10(15)12-11(8-9)18-14(19-12)5-3-2-4-6-14/h7-8,11-12,15H,2-6H2,1H3/p-1/t11-,12+/m0/s1. The van der Waals surface area contributed by atoms with Gasteiger partial charge in [0.2, 0.25) is 0 Å². The van der Waals surface area contributed by atoms with Crippen LogP contribution in [0.4, 0.5) is 0 Å². The molecule has 0 bridgehead atoms. The van der Waals surface area contributed by atoms with Gasteiger partial charge in [0.05, 0.1) is 12.7 Å². The summed E-state index contributed by atoms with van der Waals surface area (Å²) in [6.07, 6.45) is 6.75. The van der Waals surface area contributed by atoms with Gasteiger partial charge in [-0.05, 0) is 18.9 Å². The molecule has 3 rings (SSSR count). The third-order valence-corrected chi connectivity index (χ3v) is 3.95. The molecule has 5 heteroatoms. The molecule has 2 fully saturated rings. The predicted molar refractivity (Wildman–Crippen MR) is 63.7 cm³/mol. The fraction of sp³-hybridized carbons (Fsp3) is 0.643. The van der Waals surface area contributed by atoms with Crippen molar-refractivity contribution in [3.8, 4) is 0 Å². The molecule has 0 radical (unpaired) electrons. The van der Waals surface area contributed by atoms with Gasteiger partial charge in [-0.2, -0.15) is 0 Å². The van der Waals surface area contributed by atoms with E-state index in [0.29, 0.717) is 0 Å². The summed E-state index contributed by atoms with van der Waals surface area (Å²) in [4.78, 5) is 11.5. The SMILES string of the molecule is COC(=O)C1=C[C@@H]2OC3(CCCCC3)O[C@@H]2C([O-])=C1. The molecule has 1 aliphatic heterocycles. The third kappa shape index (κ3) is 2.17. The van der Waals surface area contributed by atoms with E-state index in [4.69, 9.17) is 9.47 Å². The normalized spacial score (nSPS) is 32.5. The molecule has 0 aromatic heterocycles. The zero-order valence-electron chi connectivity index (χ0n) is 10.9. The number of methoxy groups -OCH3 is 1. The molecule has 1 saturated heterocycles. The fourth-order valence-corrected chi connectivity index (χ4v) is 3.01. The topological polar surface area (TPSA) is 67.8 Å². The summed E-state index contributed by atoms with van der Waals surface area (Å²) in [5.74, 6) is -1.35. The van der Waals surface area contributed by atoms with E-state index in [9.17, 15) is 9.90 Å². The first-order chi connectivity index (χ1) is 9.13. The van der Waals surface area contributed by atoms with Crippen LogP contribution in [0.25, 0.3) is 0 Å². The van der Waals surface area contributed by atoms with Gasteiger partial charge >= 0.3 is 5.97 Å². The molecular weight excluding hydrogens is 248 g/mol. The Balaban J connectivity index is 1.83. The summed E-state index contributed by atoms with van der Waals surface area (Å²) in [5, 5.41) is 12.0. The molecule has 0 amide bonds. The Kier molecular flexibility index (Phi) is 3.11. The van der Waals surface area contributed by atoms with Crippen LogP contribution in [-0.2, 0) is 19.0 Å². The Hall–Kier alpha value is -1.33. The number of carbonyl (C=O) groups excluding carboxylic acids is 1. The highest BCUT2D eigenvalue weighted by Crippen LogP contribution is 2.43. The largest absolute Gasteiger partial charge is 0.874 e. The second kappa shape index (κ2) is 4.65. The summed E-state index contributed by atoms with van der Waals surface area (Å²) in [7, 11) is 1.29. The number of hydrogen-bond acceptors (Lipinski definition) is 5. The fourth-order valence-electron chi connectivity index (χ4n) is 3.01. The average Bonchev–Trinajstić information content (AvgIpc) is 2.77. The number of ether oxygens (including phenoxy) is 3. The molecule has 2 aliphatic carbocycles. The lowest BCUT2D eigenvalue weighted by Crippen LogP contribution is -2.35. The molecule has 0 unspecified atom stereocenters. The Labute approximate surface area is 111 Å². The van der Waals surface area contributed by atoms with Gasteiger partial charge in [-0.3, -0.25) is 0 Å². The van der Waals surface area contributed by atoms with Crippen LogP contribution < -0.4 is 5.11 Å². The predicted octanol–water partition coefficient (Wildman–Crippen LogP) is 0.788. The van der Waals surface area contributed by atoms with Crippen molar-refractivity contribution < 1.29 is 24.1 Å². The highest BCUT2D eigenvalue weighted by molar-refractivity contribution is 5.92. The molecule has 104 valence electrons. The lowest BCUT2D eigenvalue weighted by atomic mass is 9.94. The molecule has 5 nitrogen and oxygen atoms in total. The third-order valence-electron chi connectivity index (χ3n) is 3.95. The molecule has 0 aromatic rings. The highest BCUT2D eigenvalue weighted by Gasteiger charge is 2.48. The van der Waals surface area contributed by atoms with Crippen LogP contribution in [0.2, 0.25) is 0 Å². The van der Waals surface area contributed by atoms with Crippen molar-refractivity contribution in [2.75, 3.05) is 7.11 Å². The van der Waals surface area contributed by atoms with Crippen molar-refractivity contribution in [2.45, 2.75) is 50.1 Å². The summed E-state index contributed by atoms with van der Waals surface area (Å²) in [6.45, 7) is 0. The molecule has 1 heterocycles. The molecule has 2 atom stereocenters. The second-order valence-corrected chi connectivity index (χ2v) is 5.25. The van der Waals surface area contributed by atoms with Crippen molar-refractivity contribution >= 4 is 5.97 Å². The monoisotopic (exact) mass is 265 g/mol. The van der Waals surface area contributed by atoms with Gasteiger partial charge in [-0.25, -0.2) is 4.79 Å². The summed E-state index contributed by atoms with van der Waals surface area (Å²) in [5.41, 5.74) is 0.255. The van der Waals surface area contributed by atoms with Crippen LogP contribution in [-0.4, -0.2) is 31.1 Å². The lowest BCUT2D eigenvalue weighted by molar-refractivity contribution is -0.325. The molecule has 3 aliphatic rings. The van der Waals surface area contributed by atoms with E-state index in [-0.39, 0.29) is 11.3 Å². The minimum absolute atomic E-state index is 0.213. The summed E-state index contributed by atoms with van der Waals surface area (Å²) < 4.78 is 16.4. The van der Waals surface area contributed by atoms with Gasteiger partial charge in [-0.1, -0.05) is 18.3 Å². The summed E-state index contributed by atoms with van der Waals surface area (Å²) in [6, 6.07) is 0. The van der Waals surface area contributed by atoms with Crippen LogP contribution in [0.15, 0.2) is 23.5 Å².